The number of nitrogen functional groups attached to an aromatic ring is 1. The maximum atomic E-state index is 12.3. The minimum atomic E-state index is -0.197. The van der Waals surface area contributed by atoms with E-state index in [1.165, 1.54) is 4.90 Å². The Balaban J connectivity index is 2.21. The van der Waals surface area contributed by atoms with Crippen LogP contribution in [0, 0.1) is 0 Å². The molecule has 2 amide bonds. The van der Waals surface area contributed by atoms with Crippen molar-refractivity contribution < 1.29 is 9.59 Å². The van der Waals surface area contributed by atoms with E-state index in [0.29, 0.717) is 24.3 Å². The molecule has 5 nitrogen and oxygen atoms in total. The lowest BCUT2D eigenvalue weighted by Gasteiger charge is -2.19. The van der Waals surface area contributed by atoms with E-state index in [4.69, 9.17) is 5.73 Å². The van der Waals surface area contributed by atoms with Crippen LogP contribution in [0.1, 0.15) is 16.8 Å². The largest absolute Gasteiger partial charge is 0.398 e. The Bertz CT molecular complexity index is 490. The van der Waals surface area contributed by atoms with Crippen molar-refractivity contribution in [3.8, 4) is 0 Å². The van der Waals surface area contributed by atoms with E-state index < -0.39 is 0 Å². The highest BCUT2D eigenvalue weighted by molar-refractivity contribution is 9.10. The highest BCUT2D eigenvalue weighted by atomic mass is 79.9. The lowest BCUT2D eigenvalue weighted by Crippen LogP contribution is -2.37. The van der Waals surface area contributed by atoms with Gasteiger partial charge in [-0.2, -0.15) is 0 Å². The summed E-state index contributed by atoms with van der Waals surface area (Å²) in [5.41, 5.74) is 6.68. The van der Waals surface area contributed by atoms with E-state index in [-0.39, 0.29) is 18.4 Å². The predicted octanol–water partition coefficient (Wildman–Crippen LogP) is 0.993. The van der Waals surface area contributed by atoms with E-state index in [9.17, 15) is 9.59 Å². The first kappa shape index (κ1) is 12.9. The van der Waals surface area contributed by atoms with Crippen LogP contribution in [0.3, 0.4) is 0 Å². The molecule has 0 saturated carbocycles. The molecule has 1 aliphatic heterocycles. The van der Waals surface area contributed by atoms with Gasteiger partial charge in [0.2, 0.25) is 5.91 Å². The smallest absolute Gasteiger partial charge is 0.256 e. The van der Waals surface area contributed by atoms with Crippen LogP contribution in [0.25, 0.3) is 0 Å². The number of hydrogen-bond acceptors (Lipinski definition) is 3. The summed E-state index contributed by atoms with van der Waals surface area (Å²) >= 11 is 3.29. The Kier molecular flexibility index (Phi) is 3.86. The van der Waals surface area contributed by atoms with Crippen LogP contribution in [0.4, 0.5) is 5.69 Å². The zero-order valence-electron chi connectivity index (χ0n) is 9.78. The average Bonchev–Trinajstić information content (AvgIpc) is 2.53. The monoisotopic (exact) mass is 311 g/mol. The van der Waals surface area contributed by atoms with Crippen molar-refractivity contribution in [1.82, 2.24) is 10.2 Å². The van der Waals surface area contributed by atoms with Gasteiger partial charge in [0.05, 0.1) is 12.1 Å². The number of nitrogens with one attached hydrogen (secondary N) is 1. The molecule has 1 aliphatic rings. The molecule has 0 atom stereocenters. The summed E-state index contributed by atoms with van der Waals surface area (Å²) in [6.45, 7) is 1.26. The first-order chi connectivity index (χ1) is 8.58. The molecule has 3 N–H and O–H groups in total. The van der Waals surface area contributed by atoms with Crippen molar-refractivity contribution in [3.63, 3.8) is 0 Å². The summed E-state index contributed by atoms with van der Waals surface area (Å²) in [6, 6.07) is 5.12. The minimum absolute atomic E-state index is 0.0916. The van der Waals surface area contributed by atoms with Crippen LogP contribution >= 0.6 is 15.9 Å². The molecule has 1 saturated heterocycles. The third-order valence-corrected chi connectivity index (χ3v) is 3.29. The van der Waals surface area contributed by atoms with E-state index in [1.54, 1.807) is 18.2 Å². The van der Waals surface area contributed by atoms with Crippen molar-refractivity contribution in [1.29, 1.82) is 0 Å². The summed E-state index contributed by atoms with van der Waals surface area (Å²) in [4.78, 5) is 25.2. The fourth-order valence-electron chi connectivity index (χ4n) is 1.88. The zero-order chi connectivity index (χ0) is 13.1. The topological polar surface area (TPSA) is 75.4 Å². The third-order valence-electron chi connectivity index (χ3n) is 2.79. The summed E-state index contributed by atoms with van der Waals surface area (Å²) in [7, 11) is 0. The normalized spacial score (nSPS) is 16.1. The molecular weight excluding hydrogens is 298 g/mol. The molecule has 2 rings (SSSR count). The minimum Gasteiger partial charge on any atom is -0.398 e. The lowest BCUT2D eigenvalue weighted by atomic mass is 10.1. The van der Waals surface area contributed by atoms with E-state index >= 15 is 0 Å². The standard InChI is InChI=1S/C12H14BrN3O2/c13-8-2-3-9(10(14)6-8)12(18)16-5-1-4-15-11(17)7-16/h2-3,6H,1,4-5,7,14H2,(H,15,17). The second kappa shape index (κ2) is 5.39. The number of hydrogen-bond donors (Lipinski definition) is 2. The number of nitrogens with two attached hydrogens (primary N) is 1. The Morgan fingerprint density at radius 1 is 1.44 bits per heavy atom. The van der Waals surface area contributed by atoms with Crippen molar-refractivity contribution in [2.24, 2.45) is 0 Å². The van der Waals surface area contributed by atoms with Gasteiger partial charge in [0, 0.05) is 23.2 Å². The number of anilines is 1. The summed E-state index contributed by atoms with van der Waals surface area (Å²) < 4.78 is 0.824. The lowest BCUT2D eigenvalue weighted by molar-refractivity contribution is -0.121. The van der Waals surface area contributed by atoms with Crippen molar-refractivity contribution >= 4 is 33.4 Å². The maximum Gasteiger partial charge on any atom is 0.256 e. The molecule has 1 fully saturated rings. The van der Waals surface area contributed by atoms with Crippen molar-refractivity contribution in [3.05, 3.63) is 28.2 Å². The number of halogens is 1. The van der Waals surface area contributed by atoms with Gasteiger partial charge in [0.15, 0.2) is 0 Å². The summed E-state index contributed by atoms with van der Waals surface area (Å²) in [5.74, 6) is -0.325. The van der Waals surface area contributed by atoms with Crippen molar-refractivity contribution in [2.45, 2.75) is 6.42 Å². The Morgan fingerprint density at radius 2 is 2.22 bits per heavy atom. The molecule has 6 heteroatoms. The Morgan fingerprint density at radius 3 is 2.94 bits per heavy atom. The van der Waals surface area contributed by atoms with Gasteiger partial charge in [-0.1, -0.05) is 15.9 Å². The number of carbonyl (C=O) groups is 2. The molecule has 0 spiro atoms. The van der Waals surface area contributed by atoms with E-state index in [2.05, 4.69) is 21.2 Å². The average molecular weight is 312 g/mol. The van der Waals surface area contributed by atoms with Crippen molar-refractivity contribution in [2.75, 3.05) is 25.4 Å². The fourth-order valence-corrected chi connectivity index (χ4v) is 2.26. The molecule has 1 aromatic carbocycles. The van der Waals surface area contributed by atoms with Crippen LogP contribution in [0.5, 0.6) is 0 Å². The van der Waals surface area contributed by atoms with Gasteiger partial charge in [0.25, 0.3) is 5.91 Å². The van der Waals surface area contributed by atoms with E-state index in [0.717, 1.165) is 10.9 Å². The first-order valence-electron chi connectivity index (χ1n) is 5.69. The SMILES string of the molecule is Nc1cc(Br)ccc1C(=O)N1CCCNC(=O)C1. The van der Waals surface area contributed by atoms with Crippen LogP contribution in [0.2, 0.25) is 0 Å². The second-order valence-electron chi connectivity index (χ2n) is 4.16. The zero-order valence-corrected chi connectivity index (χ0v) is 11.4. The summed E-state index contributed by atoms with van der Waals surface area (Å²) in [6.07, 6.45) is 0.758. The van der Waals surface area contributed by atoms with Gasteiger partial charge in [-0.05, 0) is 24.6 Å². The number of benzene rings is 1. The molecule has 0 radical (unpaired) electrons. The second-order valence-corrected chi connectivity index (χ2v) is 5.08. The molecule has 96 valence electrons. The van der Waals surface area contributed by atoms with Gasteiger partial charge >= 0.3 is 0 Å². The molecule has 1 aromatic rings. The summed E-state index contributed by atoms with van der Waals surface area (Å²) in [5, 5.41) is 2.73. The number of rotatable bonds is 1. The first-order valence-corrected chi connectivity index (χ1v) is 6.48. The molecule has 0 unspecified atom stereocenters. The molecular formula is C12H14BrN3O2. The molecule has 0 aromatic heterocycles. The van der Waals surface area contributed by atoms with Gasteiger partial charge < -0.3 is 16.0 Å². The molecule has 0 bridgehead atoms. The maximum absolute atomic E-state index is 12.3. The number of amides is 2. The Hall–Kier alpha value is -1.56. The number of nitrogens with zero attached hydrogens (tertiary/aromatic N) is 1. The Labute approximate surface area is 113 Å². The predicted molar refractivity (Wildman–Crippen MR) is 72.1 cm³/mol. The highest BCUT2D eigenvalue weighted by Crippen LogP contribution is 2.20. The van der Waals surface area contributed by atoms with E-state index in [1.807, 2.05) is 0 Å². The van der Waals surface area contributed by atoms with Gasteiger partial charge in [-0.3, -0.25) is 9.59 Å². The fraction of sp³-hybridized carbons (Fsp3) is 0.333. The number of carbonyl (C=O) groups excluding carboxylic acids is 2. The van der Waals surface area contributed by atoms with Crippen LogP contribution in [0.15, 0.2) is 22.7 Å². The third kappa shape index (κ3) is 2.81. The van der Waals surface area contributed by atoms with Gasteiger partial charge in [-0.15, -0.1) is 0 Å². The van der Waals surface area contributed by atoms with Crippen LogP contribution in [-0.4, -0.2) is 36.3 Å². The highest BCUT2D eigenvalue weighted by Gasteiger charge is 2.22. The van der Waals surface area contributed by atoms with Gasteiger partial charge in [0.1, 0.15) is 0 Å². The van der Waals surface area contributed by atoms with Crippen LogP contribution in [-0.2, 0) is 4.79 Å². The molecule has 0 aliphatic carbocycles. The molecule has 18 heavy (non-hydrogen) atoms. The quantitative estimate of drug-likeness (QED) is 0.760. The molecule has 1 heterocycles. The van der Waals surface area contributed by atoms with Crippen LogP contribution < -0.4 is 11.1 Å². The van der Waals surface area contributed by atoms with Gasteiger partial charge in [-0.25, -0.2) is 0 Å².